The zero-order chi connectivity index (χ0) is 19.2. The van der Waals surface area contributed by atoms with Crippen molar-refractivity contribution in [2.24, 2.45) is 0 Å². The minimum absolute atomic E-state index is 0.0667. The second-order valence-corrected chi connectivity index (χ2v) is 11.4. The molecule has 0 amide bonds. The molecule has 0 rings (SSSR count). The standard InChI is InChI=1S/C12H26Cl3NO6P2/c1-7-19-24(18,20-8-2)16-11(12(13,14)15)23(17,21-9(3)4)22-10(5)6/h9-11H,7-8H2,1-6H3,(H,16,18)/t11-/m0/s1. The predicted molar refractivity (Wildman–Crippen MR) is 98.1 cm³/mol. The third kappa shape index (κ3) is 8.68. The summed E-state index contributed by atoms with van der Waals surface area (Å²) in [6.45, 7) is 9.97. The van der Waals surface area contributed by atoms with Crippen LogP contribution in [-0.4, -0.2) is 35.0 Å². The highest BCUT2D eigenvalue weighted by atomic mass is 35.6. The highest BCUT2D eigenvalue weighted by molar-refractivity contribution is 7.57. The van der Waals surface area contributed by atoms with E-state index >= 15 is 0 Å². The Labute approximate surface area is 159 Å². The number of rotatable bonds is 11. The summed E-state index contributed by atoms with van der Waals surface area (Å²) in [7, 11) is -7.94. The molecule has 0 radical (unpaired) electrons. The summed E-state index contributed by atoms with van der Waals surface area (Å²) in [6, 6.07) is 0. The van der Waals surface area contributed by atoms with Crippen LogP contribution in [0.4, 0.5) is 0 Å². The van der Waals surface area contributed by atoms with Gasteiger partial charge in [0, 0.05) is 0 Å². The molecule has 0 aromatic carbocycles. The molecule has 0 saturated heterocycles. The fraction of sp³-hybridized carbons (Fsp3) is 1.00. The summed E-state index contributed by atoms with van der Waals surface area (Å²) < 4.78 is 44.9. The minimum atomic E-state index is -4.05. The van der Waals surface area contributed by atoms with Crippen molar-refractivity contribution in [2.75, 3.05) is 13.2 Å². The molecule has 0 aliphatic rings. The molecule has 0 unspecified atom stereocenters. The molecule has 7 nitrogen and oxygen atoms in total. The van der Waals surface area contributed by atoms with Crippen LogP contribution in [0.3, 0.4) is 0 Å². The molecule has 12 heteroatoms. The Morgan fingerprint density at radius 2 is 1.29 bits per heavy atom. The topological polar surface area (TPSA) is 83.1 Å². The van der Waals surface area contributed by atoms with Crippen molar-refractivity contribution in [3.8, 4) is 0 Å². The maximum atomic E-state index is 13.3. The van der Waals surface area contributed by atoms with Gasteiger partial charge in [-0.1, -0.05) is 34.8 Å². The van der Waals surface area contributed by atoms with Gasteiger partial charge in [0.25, 0.3) is 0 Å². The van der Waals surface area contributed by atoms with Crippen molar-refractivity contribution in [3.05, 3.63) is 0 Å². The van der Waals surface area contributed by atoms with Crippen LogP contribution in [0, 0.1) is 0 Å². The Kier molecular flexibility index (Phi) is 11.0. The van der Waals surface area contributed by atoms with E-state index in [1.165, 1.54) is 0 Å². The van der Waals surface area contributed by atoms with E-state index in [4.69, 9.17) is 52.9 Å². The van der Waals surface area contributed by atoms with Crippen LogP contribution in [0.2, 0.25) is 0 Å². The average molecular weight is 449 g/mol. The van der Waals surface area contributed by atoms with E-state index < -0.39 is 37.1 Å². The highest BCUT2D eigenvalue weighted by Crippen LogP contribution is 2.63. The maximum Gasteiger partial charge on any atom is 0.406 e. The van der Waals surface area contributed by atoms with Gasteiger partial charge < -0.3 is 9.05 Å². The largest absolute Gasteiger partial charge is 0.406 e. The quantitative estimate of drug-likeness (QED) is 0.330. The third-order valence-corrected chi connectivity index (χ3v) is 7.89. The normalized spacial score (nSPS) is 15.3. The van der Waals surface area contributed by atoms with Crippen LogP contribution in [0.25, 0.3) is 0 Å². The van der Waals surface area contributed by atoms with Crippen molar-refractivity contribution in [2.45, 2.75) is 63.3 Å². The lowest BCUT2D eigenvalue weighted by Crippen LogP contribution is -2.41. The Hall–Kier alpha value is 1.13. The second kappa shape index (κ2) is 10.5. The van der Waals surface area contributed by atoms with Gasteiger partial charge in [-0.15, -0.1) is 0 Å². The smallest absolute Gasteiger partial charge is 0.305 e. The van der Waals surface area contributed by atoms with Crippen molar-refractivity contribution < 1.29 is 27.2 Å². The van der Waals surface area contributed by atoms with Gasteiger partial charge in [0.15, 0.2) is 5.78 Å². The molecule has 24 heavy (non-hydrogen) atoms. The van der Waals surface area contributed by atoms with Crippen molar-refractivity contribution in [3.63, 3.8) is 0 Å². The Morgan fingerprint density at radius 1 is 0.917 bits per heavy atom. The summed E-state index contributed by atoms with van der Waals surface area (Å²) in [5.74, 6) is -1.57. The van der Waals surface area contributed by atoms with E-state index in [0.717, 1.165) is 0 Å². The highest BCUT2D eigenvalue weighted by Gasteiger charge is 2.53. The lowest BCUT2D eigenvalue weighted by atomic mass is 10.5. The first kappa shape index (κ1) is 25.1. The predicted octanol–water partition coefficient (Wildman–Crippen LogP) is 5.50. The SMILES string of the molecule is CCOP(=O)(N[C@H](C(Cl)(Cl)Cl)P(=O)(OC(C)C)OC(C)C)OCC. The van der Waals surface area contributed by atoms with Gasteiger partial charge in [-0.2, -0.15) is 0 Å². The fourth-order valence-electron chi connectivity index (χ4n) is 1.66. The van der Waals surface area contributed by atoms with Gasteiger partial charge in [-0.05, 0) is 41.5 Å². The molecule has 1 atom stereocenters. The molecule has 0 aromatic rings. The summed E-state index contributed by atoms with van der Waals surface area (Å²) in [5.41, 5.74) is 0. The van der Waals surface area contributed by atoms with Gasteiger partial charge >= 0.3 is 15.3 Å². The molecule has 0 fully saturated rings. The summed E-state index contributed by atoms with van der Waals surface area (Å²) in [5, 5.41) is 2.43. The van der Waals surface area contributed by atoms with Crippen LogP contribution in [0.5, 0.6) is 0 Å². The number of hydrogen-bond donors (Lipinski definition) is 1. The Morgan fingerprint density at radius 3 is 1.54 bits per heavy atom. The Bertz CT molecular complexity index is 448. The number of alkyl halides is 3. The summed E-state index contributed by atoms with van der Waals surface area (Å²) >= 11 is 17.9. The van der Waals surface area contributed by atoms with E-state index in [1.807, 2.05) is 0 Å². The van der Waals surface area contributed by atoms with Gasteiger partial charge in [-0.25, -0.2) is 9.65 Å². The maximum absolute atomic E-state index is 13.3. The van der Waals surface area contributed by atoms with Gasteiger partial charge in [0.1, 0.15) is 0 Å². The lowest BCUT2D eigenvalue weighted by molar-refractivity contribution is 0.133. The summed E-state index contributed by atoms with van der Waals surface area (Å²) in [6.07, 6.45) is -0.991. The number of hydrogen-bond acceptors (Lipinski definition) is 6. The summed E-state index contributed by atoms with van der Waals surface area (Å²) in [4.78, 5) is 0. The van der Waals surface area contributed by atoms with Crippen LogP contribution in [0.15, 0.2) is 0 Å². The first-order chi connectivity index (χ1) is 10.8. The molecule has 0 spiro atoms. The van der Waals surface area contributed by atoms with E-state index in [1.54, 1.807) is 41.5 Å². The zero-order valence-electron chi connectivity index (χ0n) is 14.6. The van der Waals surface area contributed by atoms with Gasteiger partial charge in [-0.3, -0.25) is 13.6 Å². The molecule has 0 aromatic heterocycles. The number of nitrogens with one attached hydrogen (secondary N) is 1. The minimum Gasteiger partial charge on any atom is -0.305 e. The zero-order valence-corrected chi connectivity index (χ0v) is 18.7. The molecule has 146 valence electrons. The van der Waals surface area contributed by atoms with Crippen LogP contribution in [-0.2, 0) is 27.2 Å². The van der Waals surface area contributed by atoms with E-state index in [0.29, 0.717) is 0 Å². The molecule has 1 N–H and O–H groups in total. The van der Waals surface area contributed by atoms with Crippen molar-refractivity contribution >= 4 is 50.1 Å². The van der Waals surface area contributed by atoms with E-state index in [-0.39, 0.29) is 13.2 Å². The monoisotopic (exact) mass is 447 g/mol. The van der Waals surface area contributed by atoms with Gasteiger partial charge in [0.05, 0.1) is 25.4 Å². The first-order valence-electron chi connectivity index (χ1n) is 7.49. The molecule has 0 aliphatic carbocycles. The fourth-order valence-corrected chi connectivity index (χ4v) is 7.34. The van der Waals surface area contributed by atoms with Gasteiger partial charge in [0.2, 0.25) is 3.79 Å². The molecule has 0 heterocycles. The van der Waals surface area contributed by atoms with Crippen molar-refractivity contribution in [1.29, 1.82) is 0 Å². The first-order valence-corrected chi connectivity index (χ1v) is 11.8. The third-order valence-electron chi connectivity index (χ3n) is 2.22. The molecule has 0 saturated carbocycles. The van der Waals surface area contributed by atoms with E-state index in [9.17, 15) is 9.13 Å². The molecule has 0 bridgehead atoms. The molecular weight excluding hydrogens is 422 g/mol. The van der Waals surface area contributed by atoms with Crippen LogP contribution in [0.1, 0.15) is 41.5 Å². The van der Waals surface area contributed by atoms with Crippen LogP contribution < -0.4 is 5.09 Å². The number of halogens is 3. The Balaban J connectivity index is 5.86. The molecular formula is C12H26Cl3NO6P2. The van der Waals surface area contributed by atoms with Crippen LogP contribution >= 0.6 is 50.1 Å². The van der Waals surface area contributed by atoms with E-state index in [2.05, 4.69) is 5.09 Å². The second-order valence-electron chi connectivity index (χ2n) is 5.25. The molecule has 0 aliphatic heterocycles. The average Bonchev–Trinajstić information content (AvgIpc) is 2.33. The van der Waals surface area contributed by atoms with Crippen molar-refractivity contribution in [1.82, 2.24) is 5.09 Å². The lowest BCUT2D eigenvalue weighted by Gasteiger charge is -2.35.